The van der Waals surface area contributed by atoms with Crippen LogP contribution in [0, 0.1) is 29.1 Å². The molecule has 0 aromatic heterocycles. The first kappa shape index (κ1) is 19.6. The van der Waals surface area contributed by atoms with Crippen molar-refractivity contribution < 1.29 is 9.53 Å². The monoisotopic (exact) mass is 364 g/mol. The summed E-state index contributed by atoms with van der Waals surface area (Å²) in [5.74, 6) is 2.89. The quantitative estimate of drug-likeness (QED) is 0.495. The maximum absolute atomic E-state index is 10.2. The van der Waals surface area contributed by atoms with Crippen LogP contribution in [0.3, 0.4) is 0 Å². The predicted molar refractivity (Wildman–Crippen MR) is 108 cm³/mol. The van der Waals surface area contributed by atoms with Crippen molar-refractivity contribution in [2.24, 2.45) is 29.1 Å². The Balaban J connectivity index is 1.66. The van der Waals surface area contributed by atoms with Gasteiger partial charge in [0.2, 0.25) is 0 Å². The summed E-state index contributed by atoms with van der Waals surface area (Å²) in [6.07, 6.45) is 13.7. The fourth-order valence-corrected chi connectivity index (χ4v) is 7.69. The molecule has 0 radical (unpaired) electrons. The summed E-state index contributed by atoms with van der Waals surface area (Å²) in [6.45, 7) is 14.0. The van der Waals surface area contributed by atoms with Gasteiger partial charge in [0.05, 0.1) is 5.60 Å². The first-order valence-corrected chi connectivity index (χ1v) is 14.0. The topological polar surface area (TPSA) is 29.5 Å². The molecule has 3 unspecified atom stereocenters. The molecule has 1 N–H and O–H groups in total. The van der Waals surface area contributed by atoms with E-state index < -0.39 is 13.9 Å². The van der Waals surface area contributed by atoms with Crippen LogP contribution in [-0.4, -0.2) is 25.1 Å². The van der Waals surface area contributed by atoms with E-state index in [0.29, 0.717) is 17.4 Å². The molecule has 0 bridgehead atoms. The van der Waals surface area contributed by atoms with E-state index in [1.165, 1.54) is 38.5 Å². The first-order valence-electron chi connectivity index (χ1n) is 10.6. The van der Waals surface area contributed by atoms with Crippen LogP contribution in [0.4, 0.5) is 0 Å². The van der Waals surface area contributed by atoms with Crippen molar-refractivity contribution >= 4 is 8.32 Å². The SMILES string of the molecule is C[C@H](C[C@@H]1C=CC(C)(O)C1)[C@H]1CCC2C(O[Si](C)(C)C)CCC[C@]21C. The Labute approximate surface area is 156 Å². The van der Waals surface area contributed by atoms with Crippen LogP contribution in [0.1, 0.15) is 65.7 Å². The summed E-state index contributed by atoms with van der Waals surface area (Å²) >= 11 is 0. The molecule has 0 aromatic carbocycles. The molecule has 3 rings (SSSR count). The van der Waals surface area contributed by atoms with Gasteiger partial charge in [0, 0.05) is 6.10 Å². The number of hydrogen-bond acceptors (Lipinski definition) is 2. The van der Waals surface area contributed by atoms with Crippen molar-refractivity contribution in [3.63, 3.8) is 0 Å². The van der Waals surface area contributed by atoms with Gasteiger partial charge in [0.1, 0.15) is 0 Å². The first-order chi connectivity index (χ1) is 11.5. The molecule has 0 aliphatic heterocycles. The zero-order valence-electron chi connectivity index (χ0n) is 17.3. The number of rotatable bonds is 5. The highest BCUT2D eigenvalue weighted by atomic mass is 28.4. The normalized spacial score (nSPS) is 45.6. The highest BCUT2D eigenvalue weighted by Crippen LogP contribution is 2.59. The molecule has 3 heteroatoms. The van der Waals surface area contributed by atoms with E-state index in [4.69, 9.17) is 4.43 Å². The zero-order valence-corrected chi connectivity index (χ0v) is 18.3. The van der Waals surface area contributed by atoms with Crippen molar-refractivity contribution in [3.8, 4) is 0 Å². The second-order valence-electron chi connectivity index (χ2n) is 10.9. The Hall–Kier alpha value is -0.123. The van der Waals surface area contributed by atoms with Gasteiger partial charge >= 0.3 is 0 Å². The molecule has 0 amide bonds. The van der Waals surface area contributed by atoms with Gasteiger partial charge in [-0.25, -0.2) is 0 Å². The fraction of sp³-hybridized carbons (Fsp3) is 0.909. The second-order valence-corrected chi connectivity index (χ2v) is 15.3. The van der Waals surface area contributed by atoms with Gasteiger partial charge in [-0.3, -0.25) is 0 Å². The lowest BCUT2D eigenvalue weighted by atomic mass is 9.61. The lowest BCUT2D eigenvalue weighted by Crippen LogP contribution is -2.46. The second kappa shape index (κ2) is 6.80. The van der Waals surface area contributed by atoms with Gasteiger partial charge in [-0.05, 0) is 94.2 Å². The van der Waals surface area contributed by atoms with E-state index >= 15 is 0 Å². The highest BCUT2D eigenvalue weighted by molar-refractivity contribution is 6.69. The minimum Gasteiger partial charge on any atom is -0.414 e. The Morgan fingerprint density at radius 3 is 2.52 bits per heavy atom. The van der Waals surface area contributed by atoms with Crippen molar-refractivity contribution in [2.75, 3.05) is 0 Å². The van der Waals surface area contributed by atoms with Crippen LogP contribution in [0.5, 0.6) is 0 Å². The van der Waals surface area contributed by atoms with Crippen LogP contribution in [-0.2, 0) is 4.43 Å². The summed E-state index contributed by atoms with van der Waals surface area (Å²) in [5.41, 5.74) is -0.111. The van der Waals surface area contributed by atoms with Crippen LogP contribution in [0.2, 0.25) is 19.6 Å². The lowest BCUT2D eigenvalue weighted by Gasteiger charge is -2.48. The molecule has 2 fully saturated rings. The van der Waals surface area contributed by atoms with E-state index in [0.717, 1.165) is 24.2 Å². The van der Waals surface area contributed by atoms with E-state index in [9.17, 15) is 5.11 Å². The van der Waals surface area contributed by atoms with Crippen molar-refractivity contribution in [2.45, 2.75) is 97.1 Å². The third-order valence-corrected chi connectivity index (χ3v) is 8.41. The number of hydrogen-bond donors (Lipinski definition) is 1. The number of aliphatic hydroxyl groups is 1. The fourth-order valence-electron chi connectivity index (χ4n) is 6.50. The summed E-state index contributed by atoms with van der Waals surface area (Å²) < 4.78 is 6.64. The van der Waals surface area contributed by atoms with E-state index in [2.05, 4.69) is 39.6 Å². The molecule has 3 aliphatic rings. The van der Waals surface area contributed by atoms with Gasteiger partial charge in [-0.2, -0.15) is 0 Å². The molecular formula is C22H40O2Si. The Kier molecular flexibility index (Phi) is 5.34. The van der Waals surface area contributed by atoms with E-state index in [-0.39, 0.29) is 0 Å². The van der Waals surface area contributed by atoms with Gasteiger partial charge in [-0.1, -0.05) is 32.4 Å². The number of fused-ring (bicyclic) bond motifs is 1. The molecule has 2 nitrogen and oxygen atoms in total. The van der Waals surface area contributed by atoms with Crippen LogP contribution in [0.15, 0.2) is 12.2 Å². The van der Waals surface area contributed by atoms with Gasteiger partial charge < -0.3 is 9.53 Å². The summed E-state index contributed by atoms with van der Waals surface area (Å²) in [4.78, 5) is 0. The maximum Gasteiger partial charge on any atom is 0.184 e. The Morgan fingerprint density at radius 2 is 1.92 bits per heavy atom. The molecule has 2 saturated carbocycles. The molecule has 25 heavy (non-hydrogen) atoms. The summed E-state index contributed by atoms with van der Waals surface area (Å²) in [6, 6.07) is 0. The zero-order chi connectivity index (χ0) is 18.5. The standard InChI is InChI=1S/C22H40O2Si/c1-16(14-17-11-13-21(2,23)15-17)18-9-10-19-20(24-25(4,5)6)8-7-12-22(18,19)3/h11,13,16-20,23H,7-10,12,14-15H2,1-6H3/t16-,17+,18-,19?,20?,21?,22+/m1/s1. The van der Waals surface area contributed by atoms with E-state index in [1.54, 1.807) is 0 Å². The maximum atomic E-state index is 10.2. The Bertz CT molecular complexity index is 507. The molecule has 3 aliphatic carbocycles. The molecule has 0 saturated heterocycles. The average molecular weight is 365 g/mol. The van der Waals surface area contributed by atoms with Crippen molar-refractivity contribution in [3.05, 3.63) is 12.2 Å². The minimum absolute atomic E-state index is 0.465. The predicted octanol–water partition coefficient (Wildman–Crippen LogP) is 5.78. The number of allylic oxidation sites excluding steroid dienone is 1. The highest BCUT2D eigenvalue weighted by Gasteiger charge is 2.53. The van der Waals surface area contributed by atoms with Crippen molar-refractivity contribution in [1.29, 1.82) is 0 Å². The molecule has 144 valence electrons. The summed E-state index contributed by atoms with van der Waals surface area (Å²) in [7, 11) is -1.47. The van der Waals surface area contributed by atoms with Crippen LogP contribution in [0.25, 0.3) is 0 Å². The largest absolute Gasteiger partial charge is 0.414 e. The van der Waals surface area contributed by atoms with Gasteiger partial charge in [0.15, 0.2) is 8.32 Å². The lowest BCUT2D eigenvalue weighted by molar-refractivity contribution is -0.0200. The third kappa shape index (κ3) is 4.25. The third-order valence-electron chi connectivity index (χ3n) is 7.40. The molecule has 0 spiro atoms. The van der Waals surface area contributed by atoms with E-state index in [1.807, 2.05) is 13.0 Å². The minimum atomic E-state index is -1.47. The van der Waals surface area contributed by atoms with Gasteiger partial charge in [0.25, 0.3) is 0 Å². The smallest absolute Gasteiger partial charge is 0.184 e. The Morgan fingerprint density at radius 1 is 1.20 bits per heavy atom. The average Bonchev–Trinajstić information content (AvgIpc) is 2.97. The van der Waals surface area contributed by atoms with Gasteiger partial charge in [-0.15, -0.1) is 0 Å². The molecule has 0 aromatic rings. The van der Waals surface area contributed by atoms with Crippen LogP contribution < -0.4 is 0 Å². The molecular weight excluding hydrogens is 324 g/mol. The molecule has 0 heterocycles. The van der Waals surface area contributed by atoms with Crippen LogP contribution >= 0.6 is 0 Å². The van der Waals surface area contributed by atoms with Crippen molar-refractivity contribution in [1.82, 2.24) is 0 Å². The molecule has 7 atom stereocenters. The summed E-state index contributed by atoms with van der Waals surface area (Å²) in [5, 5.41) is 10.2.